The zero-order valence-corrected chi connectivity index (χ0v) is 8.74. The van der Waals surface area contributed by atoms with Crippen LogP contribution >= 0.6 is 0 Å². The first-order chi connectivity index (χ1) is 6.38. The molecule has 1 aromatic carbocycles. The van der Waals surface area contributed by atoms with E-state index in [4.69, 9.17) is 4.74 Å². The Hall–Kier alpha value is -1.38. The van der Waals surface area contributed by atoms with Gasteiger partial charge in [0, 0.05) is 6.07 Å². The fourth-order valence-corrected chi connectivity index (χ4v) is 0.913. The number of hydrogen-bond donors (Lipinski definition) is 2. The molecular formula is C11H16O3. The summed E-state index contributed by atoms with van der Waals surface area (Å²) >= 11 is 0. The second kappa shape index (κ2) is 3.78. The van der Waals surface area contributed by atoms with Gasteiger partial charge in [-0.1, -0.05) is 20.8 Å². The minimum atomic E-state index is 0.0257. The van der Waals surface area contributed by atoms with Crippen LogP contribution in [0.25, 0.3) is 0 Å². The molecule has 0 amide bonds. The van der Waals surface area contributed by atoms with E-state index < -0.39 is 0 Å². The van der Waals surface area contributed by atoms with E-state index in [-0.39, 0.29) is 16.9 Å². The van der Waals surface area contributed by atoms with Crippen LogP contribution in [-0.2, 0) is 0 Å². The number of hydrogen-bond acceptors (Lipinski definition) is 3. The van der Waals surface area contributed by atoms with Gasteiger partial charge in [0.1, 0.15) is 5.75 Å². The SMILES string of the molecule is CC(C)(C)COc1cc(O)ccc1O. The third-order valence-corrected chi connectivity index (χ3v) is 1.60. The minimum Gasteiger partial charge on any atom is -0.508 e. The van der Waals surface area contributed by atoms with Gasteiger partial charge >= 0.3 is 0 Å². The van der Waals surface area contributed by atoms with Crippen LogP contribution in [0.5, 0.6) is 17.2 Å². The van der Waals surface area contributed by atoms with Crippen molar-refractivity contribution >= 4 is 0 Å². The molecule has 0 aromatic heterocycles. The number of rotatable bonds is 2. The highest BCUT2D eigenvalue weighted by molar-refractivity contribution is 5.43. The van der Waals surface area contributed by atoms with Crippen LogP contribution in [0.15, 0.2) is 18.2 Å². The summed E-state index contributed by atoms with van der Waals surface area (Å²) in [6, 6.07) is 4.23. The highest BCUT2D eigenvalue weighted by Crippen LogP contribution is 2.30. The zero-order valence-electron chi connectivity index (χ0n) is 8.74. The molecule has 3 nitrogen and oxygen atoms in total. The normalized spacial score (nSPS) is 11.4. The van der Waals surface area contributed by atoms with Crippen molar-refractivity contribution in [2.75, 3.05) is 6.61 Å². The molecule has 0 saturated carbocycles. The fraction of sp³-hybridized carbons (Fsp3) is 0.455. The van der Waals surface area contributed by atoms with Gasteiger partial charge in [0.15, 0.2) is 11.5 Å². The van der Waals surface area contributed by atoms with Crippen LogP contribution < -0.4 is 4.74 Å². The van der Waals surface area contributed by atoms with Crippen molar-refractivity contribution in [3.8, 4) is 17.2 Å². The molecule has 14 heavy (non-hydrogen) atoms. The van der Waals surface area contributed by atoms with E-state index in [1.54, 1.807) is 0 Å². The van der Waals surface area contributed by atoms with Crippen molar-refractivity contribution in [3.63, 3.8) is 0 Å². The number of benzene rings is 1. The molecule has 0 fully saturated rings. The van der Waals surface area contributed by atoms with Gasteiger partial charge in [-0.05, 0) is 17.5 Å². The second-order valence-corrected chi connectivity index (χ2v) is 4.50. The molecule has 0 bridgehead atoms. The number of ether oxygens (including phenoxy) is 1. The van der Waals surface area contributed by atoms with Gasteiger partial charge in [-0.25, -0.2) is 0 Å². The van der Waals surface area contributed by atoms with E-state index in [2.05, 4.69) is 0 Å². The molecule has 0 spiro atoms. The van der Waals surface area contributed by atoms with E-state index >= 15 is 0 Å². The smallest absolute Gasteiger partial charge is 0.164 e. The summed E-state index contributed by atoms with van der Waals surface area (Å²) in [5.74, 6) is 0.457. The Morgan fingerprint density at radius 3 is 2.43 bits per heavy atom. The van der Waals surface area contributed by atoms with Crippen LogP contribution in [0.4, 0.5) is 0 Å². The Bertz CT molecular complexity index is 313. The van der Waals surface area contributed by atoms with E-state index in [0.29, 0.717) is 12.4 Å². The Morgan fingerprint density at radius 1 is 1.21 bits per heavy atom. The average Bonchev–Trinajstić information content (AvgIpc) is 2.05. The molecule has 1 rings (SSSR count). The summed E-state index contributed by atoms with van der Waals surface area (Å²) in [4.78, 5) is 0. The predicted octanol–water partition coefficient (Wildman–Crippen LogP) is 2.52. The molecule has 0 aliphatic heterocycles. The quantitative estimate of drug-likeness (QED) is 0.714. The van der Waals surface area contributed by atoms with Crippen LogP contribution in [0.1, 0.15) is 20.8 Å². The number of phenols is 2. The molecule has 1 aromatic rings. The molecule has 0 saturated heterocycles. The highest BCUT2D eigenvalue weighted by atomic mass is 16.5. The lowest BCUT2D eigenvalue weighted by Gasteiger charge is -2.19. The van der Waals surface area contributed by atoms with E-state index in [0.717, 1.165) is 0 Å². The first-order valence-corrected chi connectivity index (χ1v) is 4.53. The lowest BCUT2D eigenvalue weighted by atomic mass is 9.99. The van der Waals surface area contributed by atoms with Crippen LogP contribution in [0, 0.1) is 5.41 Å². The summed E-state index contributed by atoms with van der Waals surface area (Å²) in [6.45, 7) is 6.59. The third-order valence-electron chi connectivity index (χ3n) is 1.60. The average molecular weight is 196 g/mol. The molecule has 0 atom stereocenters. The topological polar surface area (TPSA) is 49.7 Å². The van der Waals surface area contributed by atoms with E-state index in [1.807, 2.05) is 20.8 Å². The molecule has 78 valence electrons. The molecule has 2 N–H and O–H groups in total. The van der Waals surface area contributed by atoms with Gasteiger partial charge in [0.25, 0.3) is 0 Å². The van der Waals surface area contributed by atoms with Crippen molar-refractivity contribution < 1.29 is 14.9 Å². The summed E-state index contributed by atoms with van der Waals surface area (Å²) in [6.07, 6.45) is 0. The molecule has 0 unspecified atom stereocenters. The standard InChI is InChI=1S/C11H16O3/c1-11(2,3)7-14-10-6-8(12)4-5-9(10)13/h4-6,12-13H,7H2,1-3H3. The number of phenolic OH excluding ortho intramolecular Hbond substituents is 2. The van der Waals surface area contributed by atoms with Gasteiger partial charge in [-0.3, -0.25) is 0 Å². The van der Waals surface area contributed by atoms with E-state index in [1.165, 1.54) is 18.2 Å². The number of aromatic hydroxyl groups is 2. The lowest BCUT2D eigenvalue weighted by molar-refractivity contribution is 0.191. The molecule has 0 radical (unpaired) electrons. The molecule has 3 heteroatoms. The fourth-order valence-electron chi connectivity index (χ4n) is 0.913. The van der Waals surface area contributed by atoms with Crippen molar-refractivity contribution in [1.82, 2.24) is 0 Å². The first kappa shape index (κ1) is 10.7. The molecule has 0 aliphatic rings. The largest absolute Gasteiger partial charge is 0.508 e. The summed E-state index contributed by atoms with van der Waals surface area (Å²) in [5, 5.41) is 18.6. The van der Waals surface area contributed by atoms with Gasteiger partial charge in [0.05, 0.1) is 6.61 Å². The Kier molecular flexibility index (Phi) is 2.89. The molecular weight excluding hydrogens is 180 g/mol. The summed E-state index contributed by atoms with van der Waals surface area (Å²) in [7, 11) is 0. The zero-order chi connectivity index (χ0) is 10.8. The van der Waals surface area contributed by atoms with Crippen LogP contribution in [-0.4, -0.2) is 16.8 Å². The molecule has 0 heterocycles. The maximum atomic E-state index is 9.40. The maximum absolute atomic E-state index is 9.40. The van der Waals surface area contributed by atoms with Gasteiger partial charge in [0.2, 0.25) is 0 Å². The Balaban J connectivity index is 2.72. The second-order valence-electron chi connectivity index (χ2n) is 4.50. The molecule has 0 aliphatic carbocycles. The maximum Gasteiger partial charge on any atom is 0.164 e. The van der Waals surface area contributed by atoms with Crippen LogP contribution in [0.3, 0.4) is 0 Å². The predicted molar refractivity (Wildman–Crippen MR) is 54.7 cm³/mol. The van der Waals surface area contributed by atoms with Gasteiger partial charge in [-0.2, -0.15) is 0 Å². The third kappa shape index (κ3) is 3.17. The van der Waals surface area contributed by atoms with Crippen molar-refractivity contribution in [2.24, 2.45) is 5.41 Å². The van der Waals surface area contributed by atoms with E-state index in [9.17, 15) is 10.2 Å². The van der Waals surface area contributed by atoms with Crippen molar-refractivity contribution in [1.29, 1.82) is 0 Å². The minimum absolute atomic E-state index is 0.0257. The highest BCUT2D eigenvalue weighted by Gasteiger charge is 2.12. The van der Waals surface area contributed by atoms with Crippen molar-refractivity contribution in [2.45, 2.75) is 20.8 Å². The van der Waals surface area contributed by atoms with Gasteiger partial charge < -0.3 is 14.9 Å². The monoisotopic (exact) mass is 196 g/mol. The summed E-state index contributed by atoms with van der Waals surface area (Å²) in [5.41, 5.74) is 0.0257. The van der Waals surface area contributed by atoms with Crippen LogP contribution in [0.2, 0.25) is 0 Å². The Morgan fingerprint density at radius 2 is 1.86 bits per heavy atom. The Labute approximate surface area is 84.0 Å². The summed E-state index contributed by atoms with van der Waals surface area (Å²) < 4.78 is 5.37. The van der Waals surface area contributed by atoms with Gasteiger partial charge in [-0.15, -0.1) is 0 Å². The van der Waals surface area contributed by atoms with Crippen molar-refractivity contribution in [3.05, 3.63) is 18.2 Å². The first-order valence-electron chi connectivity index (χ1n) is 4.53. The lowest BCUT2D eigenvalue weighted by Crippen LogP contribution is -2.16.